The number of carbonyl (C=O) groups is 1. The van der Waals surface area contributed by atoms with Crippen molar-refractivity contribution in [3.63, 3.8) is 0 Å². The lowest BCUT2D eigenvalue weighted by molar-refractivity contribution is -0.117. The van der Waals surface area contributed by atoms with E-state index >= 15 is 0 Å². The number of nitrogens with zero attached hydrogens (tertiary/aromatic N) is 2. The minimum absolute atomic E-state index is 0.186. The number of hydrogen-bond donors (Lipinski definition) is 0. The van der Waals surface area contributed by atoms with Gasteiger partial charge in [0.15, 0.2) is 5.78 Å². The van der Waals surface area contributed by atoms with Crippen molar-refractivity contribution in [2.24, 2.45) is 5.92 Å². The molecule has 0 bridgehead atoms. The monoisotopic (exact) mass is 322 g/mol. The minimum Gasteiger partial charge on any atom is -0.383 e. The molecule has 0 unspecified atom stereocenters. The topological polar surface area (TPSA) is 33.2 Å². The molecule has 0 N–H and O–H groups in total. The van der Waals surface area contributed by atoms with Gasteiger partial charge in [0.05, 0.1) is 0 Å². The minimum atomic E-state index is 0.186. The van der Waals surface area contributed by atoms with Crippen molar-refractivity contribution in [1.29, 1.82) is 0 Å². The fraction of sp³-hybridized carbons (Fsp3) is 0.467. The van der Waals surface area contributed by atoms with E-state index in [0.717, 1.165) is 28.5 Å². The first kappa shape index (κ1) is 14.3. The Labute approximate surface area is 122 Å². The fourth-order valence-corrected chi connectivity index (χ4v) is 2.99. The number of allylic oxidation sites excluding steroid dienone is 1. The molecule has 2 rings (SSSR count). The molecule has 1 aromatic heterocycles. The third-order valence-electron chi connectivity index (χ3n) is 3.44. The van der Waals surface area contributed by atoms with Gasteiger partial charge >= 0.3 is 0 Å². The molecule has 3 nitrogen and oxygen atoms in total. The Hall–Kier alpha value is -1.16. The zero-order chi connectivity index (χ0) is 13.8. The molecule has 1 aliphatic carbocycles. The van der Waals surface area contributed by atoms with Crippen LogP contribution in [-0.4, -0.2) is 29.8 Å². The van der Waals surface area contributed by atoms with Gasteiger partial charge in [0.2, 0.25) is 0 Å². The summed E-state index contributed by atoms with van der Waals surface area (Å²) < 4.78 is 0.870. The first-order valence-electron chi connectivity index (χ1n) is 6.62. The van der Waals surface area contributed by atoms with Gasteiger partial charge in [0.25, 0.3) is 0 Å². The largest absolute Gasteiger partial charge is 0.383 e. The summed E-state index contributed by atoms with van der Waals surface area (Å²) in [6.07, 6.45) is 9.76. The summed E-state index contributed by atoms with van der Waals surface area (Å²) in [6.45, 7) is 0. The van der Waals surface area contributed by atoms with Crippen molar-refractivity contribution in [3.05, 3.63) is 34.7 Å². The first-order chi connectivity index (χ1) is 9.09. The summed E-state index contributed by atoms with van der Waals surface area (Å²) in [6, 6.07) is 1.90. The van der Waals surface area contributed by atoms with E-state index in [1.807, 2.05) is 31.3 Å². The standard InChI is InChI=1S/C15H19BrN2O/c1-18(2)10-13(12-7-8-17-9-14(12)16)15(19)11-5-3-4-6-11/h7-11H,3-6H2,1-2H3. The van der Waals surface area contributed by atoms with Gasteiger partial charge in [-0.3, -0.25) is 9.78 Å². The third-order valence-corrected chi connectivity index (χ3v) is 4.07. The van der Waals surface area contributed by atoms with Crippen LogP contribution in [0, 0.1) is 5.92 Å². The highest BCUT2D eigenvalue weighted by atomic mass is 79.9. The number of aromatic nitrogens is 1. The SMILES string of the molecule is CN(C)C=C(C(=O)C1CCCC1)c1ccncc1Br. The maximum atomic E-state index is 12.7. The molecule has 1 fully saturated rings. The second-order valence-corrected chi connectivity index (χ2v) is 6.06. The van der Waals surface area contributed by atoms with Gasteiger partial charge in [-0.05, 0) is 34.8 Å². The van der Waals surface area contributed by atoms with Crippen molar-refractivity contribution >= 4 is 27.3 Å². The molecule has 0 atom stereocenters. The average molecular weight is 323 g/mol. The molecular weight excluding hydrogens is 304 g/mol. The summed E-state index contributed by atoms with van der Waals surface area (Å²) in [7, 11) is 3.88. The van der Waals surface area contributed by atoms with Gasteiger partial charge in [-0.15, -0.1) is 0 Å². The lowest BCUT2D eigenvalue weighted by Gasteiger charge is -2.16. The predicted molar refractivity (Wildman–Crippen MR) is 80.6 cm³/mol. The Balaban J connectivity index is 2.36. The molecule has 0 amide bonds. The lowest BCUT2D eigenvalue weighted by Crippen LogP contribution is -2.16. The molecule has 19 heavy (non-hydrogen) atoms. The van der Waals surface area contributed by atoms with E-state index in [9.17, 15) is 4.79 Å². The van der Waals surface area contributed by atoms with Crippen LogP contribution in [0.25, 0.3) is 5.57 Å². The Morgan fingerprint density at radius 2 is 2.11 bits per heavy atom. The second-order valence-electron chi connectivity index (χ2n) is 5.21. The Kier molecular flexibility index (Phi) is 4.75. The highest BCUT2D eigenvalue weighted by Crippen LogP contribution is 2.33. The number of hydrogen-bond acceptors (Lipinski definition) is 3. The number of carbonyl (C=O) groups excluding carboxylic acids is 1. The maximum Gasteiger partial charge on any atom is 0.168 e. The van der Waals surface area contributed by atoms with Crippen LogP contribution in [0.2, 0.25) is 0 Å². The van der Waals surface area contributed by atoms with Crippen LogP contribution >= 0.6 is 15.9 Å². The Bertz CT molecular complexity index is 491. The third kappa shape index (κ3) is 3.44. The van der Waals surface area contributed by atoms with Crippen molar-refractivity contribution in [2.45, 2.75) is 25.7 Å². The van der Waals surface area contributed by atoms with Crippen LogP contribution in [0.4, 0.5) is 0 Å². The van der Waals surface area contributed by atoms with E-state index in [0.29, 0.717) is 0 Å². The van der Waals surface area contributed by atoms with Crippen LogP contribution in [-0.2, 0) is 4.79 Å². The van der Waals surface area contributed by atoms with Crippen LogP contribution in [0.5, 0.6) is 0 Å². The molecule has 1 aromatic rings. The van der Waals surface area contributed by atoms with Gasteiger partial charge in [0.1, 0.15) is 0 Å². The summed E-state index contributed by atoms with van der Waals surface area (Å²) >= 11 is 3.49. The summed E-state index contributed by atoms with van der Waals surface area (Å²) in [5.74, 6) is 0.448. The number of halogens is 1. The molecule has 4 heteroatoms. The second kappa shape index (κ2) is 6.33. The fourth-order valence-electron chi connectivity index (χ4n) is 2.53. The van der Waals surface area contributed by atoms with E-state index in [4.69, 9.17) is 0 Å². The van der Waals surface area contributed by atoms with Gasteiger partial charge in [-0.25, -0.2) is 0 Å². The van der Waals surface area contributed by atoms with E-state index in [2.05, 4.69) is 20.9 Å². The zero-order valence-corrected chi connectivity index (χ0v) is 13.0. The van der Waals surface area contributed by atoms with Crippen LogP contribution in [0.3, 0.4) is 0 Å². The molecular formula is C15H19BrN2O. The summed E-state index contributed by atoms with van der Waals surface area (Å²) in [5.41, 5.74) is 1.71. The van der Waals surface area contributed by atoms with Crippen molar-refractivity contribution in [3.8, 4) is 0 Å². The maximum absolute atomic E-state index is 12.7. The molecule has 0 aliphatic heterocycles. The van der Waals surface area contributed by atoms with Crippen molar-refractivity contribution in [1.82, 2.24) is 9.88 Å². The number of rotatable bonds is 4. The number of Topliss-reactive ketones (excluding diaryl/α,β-unsaturated/α-hetero) is 1. The summed E-state index contributed by atoms with van der Waals surface area (Å²) in [5, 5.41) is 0. The van der Waals surface area contributed by atoms with E-state index in [1.165, 1.54) is 12.8 Å². The van der Waals surface area contributed by atoms with Crippen molar-refractivity contribution in [2.75, 3.05) is 14.1 Å². The average Bonchev–Trinajstić information content (AvgIpc) is 2.90. The quantitative estimate of drug-likeness (QED) is 0.795. The van der Waals surface area contributed by atoms with Gasteiger partial charge < -0.3 is 4.90 Å². The lowest BCUT2D eigenvalue weighted by atomic mass is 9.92. The number of ketones is 1. The molecule has 1 aliphatic rings. The smallest absolute Gasteiger partial charge is 0.168 e. The molecule has 1 saturated carbocycles. The van der Waals surface area contributed by atoms with E-state index in [-0.39, 0.29) is 11.7 Å². The van der Waals surface area contributed by atoms with Crippen molar-refractivity contribution < 1.29 is 4.79 Å². The molecule has 0 aromatic carbocycles. The molecule has 0 saturated heterocycles. The van der Waals surface area contributed by atoms with Crippen LogP contribution in [0.1, 0.15) is 31.2 Å². The van der Waals surface area contributed by atoms with Crippen LogP contribution < -0.4 is 0 Å². The first-order valence-corrected chi connectivity index (χ1v) is 7.41. The highest BCUT2D eigenvalue weighted by Gasteiger charge is 2.27. The van der Waals surface area contributed by atoms with Crippen LogP contribution in [0.15, 0.2) is 29.1 Å². The highest BCUT2D eigenvalue weighted by molar-refractivity contribution is 9.10. The summed E-state index contributed by atoms with van der Waals surface area (Å²) in [4.78, 5) is 18.7. The molecule has 0 radical (unpaired) electrons. The predicted octanol–water partition coefficient (Wildman–Crippen LogP) is 3.51. The Morgan fingerprint density at radius 3 is 2.68 bits per heavy atom. The molecule has 1 heterocycles. The van der Waals surface area contributed by atoms with E-state index < -0.39 is 0 Å². The molecule has 0 spiro atoms. The number of pyridine rings is 1. The van der Waals surface area contributed by atoms with Gasteiger partial charge in [0, 0.05) is 54.2 Å². The zero-order valence-electron chi connectivity index (χ0n) is 11.4. The normalized spacial score (nSPS) is 16.7. The van der Waals surface area contributed by atoms with Gasteiger partial charge in [-0.2, -0.15) is 0 Å². The van der Waals surface area contributed by atoms with E-state index in [1.54, 1.807) is 12.4 Å². The Morgan fingerprint density at radius 1 is 1.42 bits per heavy atom. The molecule has 102 valence electrons. The van der Waals surface area contributed by atoms with Gasteiger partial charge in [-0.1, -0.05) is 12.8 Å².